The molecule has 3 rings (SSSR count). The number of nitrogens with zero attached hydrogens (tertiary/aromatic N) is 2. The third kappa shape index (κ3) is 1.17. The van der Waals surface area contributed by atoms with Gasteiger partial charge in [-0.15, -0.1) is 0 Å². The molecule has 0 radical (unpaired) electrons. The predicted molar refractivity (Wildman–Crippen MR) is 58.4 cm³/mol. The van der Waals surface area contributed by atoms with Gasteiger partial charge in [-0.3, -0.25) is 9.80 Å². The molecule has 0 amide bonds. The van der Waals surface area contributed by atoms with Crippen LogP contribution in [0.25, 0.3) is 0 Å². The number of rotatable bonds is 1. The van der Waals surface area contributed by atoms with Crippen LogP contribution in [0.4, 0.5) is 0 Å². The molecule has 0 N–H and O–H groups in total. The molecule has 3 fully saturated rings. The van der Waals surface area contributed by atoms with Gasteiger partial charge >= 0.3 is 0 Å². The molecule has 1 spiro atoms. The molecule has 0 bridgehead atoms. The number of hydrogen-bond acceptors (Lipinski definition) is 2. The summed E-state index contributed by atoms with van der Waals surface area (Å²) in [5.74, 6) is 0. The van der Waals surface area contributed by atoms with E-state index < -0.39 is 0 Å². The van der Waals surface area contributed by atoms with Crippen molar-refractivity contribution in [3.8, 4) is 0 Å². The van der Waals surface area contributed by atoms with E-state index in [1.165, 1.54) is 38.9 Å². The van der Waals surface area contributed by atoms with Crippen LogP contribution in [0.2, 0.25) is 0 Å². The van der Waals surface area contributed by atoms with Crippen LogP contribution in [0.5, 0.6) is 0 Å². The second-order valence-corrected chi connectivity index (χ2v) is 6.40. The molecule has 0 atom stereocenters. The largest absolute Gasteiger partial charge is 0.295 e. The molecule has 80 valence electrons. The Morgan fingerprint density at radius 3 is 2.07 bits per heavy atom. The zero-order valence-corrected chi connectivity index (χ0v) is 9.71. The van der Waals surface area contributed by atoms with Crippen LogP contribution < -0.4 is 0 Å². The Hall–Kier alpha value is -0.0800. The van der Waals surface area contributed by atoms with Crippen molar-refractivity contribution in [2.45, 2.75) is 57.2 Å². The Morgan fingerprint density at radius 1 is 1.07 bits per heavy atom. The van der Waals surface area contributed by atoms with E-state index in [0.717, 1.165) is 11.6 Å². The van der Waals surface area contributed by atoms with Gasteiger partial charge < -0.3 is 0 Å². The maximum absolute atomic E-state index is 2.79. The molecule has 1 saturated carbocycles. The lowest BCUT2D eigenvalue weighted by Gasteiger charge is -2.57. The normalized spacial score (nSPS) is 32.8. The molecule has 0 unspecified atom stereocenters. The second-order valence-electron chi connectivity index (χ2n) is 6.40. The molecule has 2 saturated heterocycles. The Kier molecular flexibility index (Phi) is 1.66. The van der Waals surface area contributed by atoms with Crippen LogP contribution >= 0.6 is 0 Å². The molecule has 2 aliphatic heterocycles. The van der Waals surface area contributed by atoms with Crippen molar-refractivity contribution in [3.05, 3.63) is 0 Å². The first-order chi connectivity index (χ1) is 6.51. The Balaban J connectivity index is 1.55. The third-order valence-electron chi connectivity index (χ3n) is 4.51. The fourth-order valence-corrected chi connectivity index (χ4v) is 3.01. The average molecular weight is 194 g/mol. The van der Waals surface area contributed by atoms with Gasteiger partial charge in [0.15, 0.2) is 0 Å². The van der Waals surface area contributed by atoms with E-state index in [1.54, 1.807) is 0 Å². The van der Waals surface area contributed by atoms with E-state index in [1.807, 2.05) is 0 Å². The molecule has 0 aromatic carbocycles. The first-order valence-corrected chi connectivity index (χ1v) is 6.03. The van der Waals surface area contributed by atoms with Crippen LogP contribution in [0.3, 0.4) is 0 Å². The van der Waals surface area contributed by atoms with Gasteiger partial charge in [0, 0.05) is 36.8 Å². The summed E-state index contributed by atoms with van der Waals surface area (Å²) in [5.41, 5.74) is 1.12. The van der Waals surface area contributed by atoms with Gasteiger partial charge in [0.2, 0.25) is 0 Å². The van der Waals surface area contributed by atoms with Crippen LogP contribution in [0.1, 0.15) is 40.0 Å². The highest BCUT2D eigenvalue weighted by Gasteiger charge is 2.58. The van der Waals surface area contributed by atoms with Crippen molar-refractivity contribution in [2.75, 3.05) is 19.6 Å². The smallest absolute Gasteiger partial charge is 0.0356 e. The van der Waals surface area contributed by atoms with E-state index in [4.69, 9.17) is 0 Å². The Bertz CT molecular complexity index is 244. The third-order valence-corrected chi connectivity index (χ3v) is 4.51. The fourth-order valence-electron chi connectivity index (χ4n) is 3.01. The van der Waals surface area contributed by atoms with Gasteiger partial charge in [-0.2, -0.15) is 0 Å². The molecule has 2 heterocycles. The zero-order valence-electron chi connectivity index (χ0n) is 9.71. The summed E-state index contributed by atoms with van der Waals surface area (Å²) in [6, 6.07) is 0.894. The van der Waals surface area contributed by atoms with Crippen LogP contribution in [0.15, 0.2) is 0 Å². The van der Waals surface area contributed by atoms with Crippen LogP contribution in [0, 0.1) is 0 Å². The van der Waals surface area contributed by atoms with E-state index in [2.05, 4.69) is 30.6 Å². The molecular weight excluding hydrogens is 172 g/mol. The van der Waals surface area contributed by atoms with Gasteiger partial charge in [0.05, 0.1) is 0 Å². The molecule has 0 aromatic rings. The van der Waals surface area contributed by atoms with Gasteiger partial charge in [-0.1, -0.05) is 0 Å². The average Bonchev–Trinajstić information content (AvgIpc) is 2.70. The number of likely N-dealkylation sites (tertiary alicyclic amines) is 2. The topological polar surface area (TPSA) is 6.48 Å². The molecule has 2 heteroatoms. The first-order valence-electron chi connectivity index (χ1n) is 6.03. The summed E-state index contributed by atoms with van der Waals surface area (Å²) in [7, 11) is 0. The maximum atomic E-state index is 2.79. The lowest BCUT2D eigenvalue weighted by atomic mass is 9.90. The minimum atomic E-state index is 0.387. The molecule has 14 heavy (non-hydrogen) atoms. The molecule has 3 aliphatic rings. The summed E-state index contributed by atoms with van der Waals surface area (Å²) in [6.45, 7) is 11.0. The maximum Gasteiger partial charge on any atom is 0.0356 e. The van der Waals surface area contributed by atoms with Crippen molar-refractivity contribution in [2.24, 2.45) is 0 Å². The highest BCUT2D eigenvalue weighted by molar-refractivity contribution is 5.14. The lowest BCUT2D eigenvalue weighted by molar-refractivity contribution is -0.0813. The van der Waals surface area contributed by atoms with E-state index in [9.17, 15) is 0 Å². The zero-order chi connectivity index (χ0) is 9.97. The first kappa shape index (κ1) is 9.17. The minimum Gasteiger partial charge on any atom is -0.295 e. The minimum absolute atomic E-state index is 0.387. The number of hydrogen-bond donors (Lipinski definition) is 0. The quantitative estimate of drug-likeness (QED) is 0.627. The van der Waals surface area contributed by atoms with Gasteiger partial charge in [0.25, 0.3) is 0 Å². The SMILES string of the molecule is CC(C)(C)N1CC(N2CCC23CC3)C1. The van der Waals surface area contributed by atoms with Crippen molar-refractivity contribution in [1.82, 2.24) is 9.80 Å². The second kappa shape index (κ2) is 2.53. The summed E-state index contributed by atoms with van der Waals surface area (Å²) in [6.07, 6.45) is 4.46. The van der Waals surface area contributed by atoms with Crippen molar-refractivity contribution in [3.63, 3.8) is 0 Å². The van der Waals surface area contributed by atoms with Crippen LogP contribution in [-0.2, 0) is 0 Å². The van der Waals surface area contributed by atoms with Crippen molar-refractivity contribution in [1.29, 1.82) is 0 Å². The lowest BCUT2D eigenvalue weighted by Crippen LogP contribution is -2.70. The van der Waals surface area contributed by atoms with Gasteiger partial charge in [0.1, 0.15) is 0 Å². The van der Waals surface area contributed by atoms with Gasteiger partial charge in [-0.25, -0.2) is 0 Å². The Morgan fingerprint density at radius 2 is 1.71 bits per heavy atom. The van der Waals surface area contributed by atoms with Crippen LogP contribution in [-0.4, -0.2) is 46.6 Å². The van der Waals surface area contributed by atoms with Crippen molar-refractivity contribution >= 4 is 0 Å². The van der Waals surface area contributed by atoms with Gasteiger partial charge in [-0.05, 0) is 40.0 Å². The molecule has 0 aromatic heterocycles. The highest BCUT2D eigenvalue weighted by Crippen LogP contribution is 2.53. The van der Waals surface area contributed by atoms with Crippen molar-refractivity contribution < 1.29 is 0 Å². The molecule has 2 nitrogen and oxygen atoms in total. The summed E-state index contributed by atoms with van der Waals surface area (Å²) in [5, 5.41) is 0. The molecule has 1 aliphatic carbocycles. The summed E-state index contributed by atoms with van der Waals surface area (Å²) in [4.78, 5) is 5.39. The highest BCUT2D eigenvalue weighted by atomic mass is 15.4. The summed E-state index contributed by atoms with van der Waals surface area (Å²) >= 11 is 0. The van der Waals surface area contributed by atoms with E-state index >= 15 is 0 Å². The standard InChI is InChI=1S/C12H22N2/c1-11(2,3)13-8-10(9-13)14-7-6-12(14)4-5-12/h10H,4-9H2,1-3H3. The fraction of sp³-hybridized carbons (Fsp3) is 1.00. The summed E-state index contributed by atoms with van der Waals surface area (Å²) < 4.78 is 0. The Labute approximate surface area is 87.3 Å². The van der Waals surface area contributed by atoms with E-state index in [0.29, 0.717) is 5.54 Å². The molecular formula is C12H22N2. The van der Waals surface area contributed by atoms with E-state index in [-0.39, 0.29) is 0 Å². The predicted octanol–water partition coefficient (Wildman–Crippen LogP) is 1.71. The monoisotopic (exact) mass is 194 g/mol.